The van der Waals surface area contributed by atoms with E-state index in [9.17, 15) is 18.5 Å². The number of aromatic nitrogens is 1. The van der Waals surface area contributed by atoms with Crippen LogP contribution in [0.5, 0.6) is 11.6 Å². The second kappa shape index (κ2) is 11.0. The average Bonchev–Trinajstić information content (AvgIpc) is 2.89. The van der Waals surface area contributed by atoms with E-state index in [1.165, 1.54) is 24.3 Å². The molecule has 0 saturated carbocycles. The second-order valence-corrected chi connectivity index (χ2v) is 10.0. The Morgan fingerprint density at radius 1 is 1.17 bits per heavy atom. The fourth-order valence-electron chi connectivity index (χ4n) is 4.12. The number of nitro groups is 1. The van der Waals surface area contributed by atoms with Gasteiger partial charge in [-0.05, 0) is 49.2 Å². The fourth-order valence-corrected chi connectivity index (χ4v) is 5.35. The molecule has 0 spiro atoms. The molecule has 0 bridgehead atoms. The molecule has 10 nitrogen and oxygen atoms in total. The number of benzene rings is 2. The van der Waals surface area contributed by atoms with Crippen molar-refractivity contribution in [3.8, 4) is 11.6 Å². The van der Waals surface area contributed by atoms with Crippen molar-refractivity contribution in [3.63, 3.8) is 0 Å². The van der Waals surface area contributed by atoms with E-state index >= 15 is 0 Å². The monoisotopic (exact) mass is 512 g/mol. The number of nitrogens with zero attached hydrogens (tertiary/aromatic N) is 3. The number of nitro benzene ring substituents is 1. The number of hydrogen-bond donors (Lipinski definition) is 1. The SMILES string of the molecule is CCc1c(C(C)NS(=O)(=O)c2ccc([N+](=O)[O-])cc2)ccnc1Oc1cccc(N2CCOCC2)c1. The molecule has 1 saturated heterocycles. The first-order valence-electron chi connectivity index (χ1n) is 11.6. The number of ether oxygens (including phenoxy) is 2. The van der Waals surface area contributed by atoms with Gasteiger partial charge in [0.2, 0.25) is 15.9 Å². The average molecular weight is 513 g/mol. The highest BCUT2D eigenvalue weighted by Crippen LogP contribution is 2.32. The van der Waals surface area contributed by atoms with Crippen molar-refractivity contribution < 1.29 is 22.8 Å². The summed E-state index contributed by atoms with van der Waals surface area (Å²) in [4.78, 5) is 16.9. The molecule has 4 rings (SSSR count). The van der Waals surface area contributed by atoms with Gasteiger partial charge in [-0.3, -0.25) is 10.1 Å². The molecule has 190 valence electrons. The Kier molecular flexibility index (Phi) is 7.82. The molecule has 2 heterocycles. The van der Waals surface area contributed by atoms with Crippen LogP contribution in [0.15, 0.2) is 65.7 Å². The highest BCUT2D eigenvalue weighted by molar-refractivity contribution is 7.89. The molecule has 1 aliphatic heterocycles. The summed E-state index contributed by atoms with van der Waals surface area (Å²) in [6.45, 7) is 6.67. The van der Waals surface area contributed by atoms with Crippen LogP contribution in [0.3, 0.4) is 0 Å². The van der Waals surface area contributed by atoms with E-state index in [-0.39, 0.29) is 10.6 Å². The quantitative estimate of drug-likeness (QED) is 0.334. The molecule has 2 aromatic carbocycles. The van der Waals surface area contributed by atoms with Gasteiger partial charge in [0.15, 0.2) is 0 Å². The number of non-ortho nitro benzene ring substituents is 1. The van der Waals surface area contributed by atoms with Crippen LogP contribution < -0.4 is 14.4 Å². The molecule has 1 aliphatic rings. The number of rotatable bonds is 9. The van der Waals surface area contributed by atoms with E-state index in [2.05, 4.69) is 14.6 Å². The van der Waals surface area contributed by atoms with Gasteiger partial charge in [0, 0.05) is 54.8 Å². The summed E-state index contributed by atoms with van der Waals surface area (Å²) >= 11 is 0. The highest BCUT2D eigenvalue weighted by atomic mass is 32.2. The van der Waals surface area contributed by atoms with Crippen molar-refractivity contribution in [1.82, 2.24) is 9.71 Å². The summed E-state index contributed by atoms with van der Waals surface area (Å²) in [5, 5.41) is 10.9. The van der Waals surface area contributed by atoms with Crippen molar-refractivity contribution >= 4 is 21.4 Å². The standard InChI is InChI=1S/C25H28N4O6S/c1-3-23-24(18(2)27-36(32,33)22-9-7-19(8-10-22)29(30)31)11-12-26-25(23)35-21-6-4-5-20(17-21)28-13-15-34-16-14-28/h4-12,17-18,27H,3,13-16H2,1-2H3. The Balaban J connectivity index is 1.55. The molecule has 3 aromatic rings. The van der Waals surface area contributed by atoms with Crippen molar-refractivity contribution in [3.05, 3.63) is 82.0 Å². The van der Waals surface area contributed by atoms with Crippen LogP contribution in [0.25, 0.3) is 0 Å². The van der Waals surface area contributed by atoms with Crippen molar-refractivity contribution in [1.29, 1.82) is 0 Å². The third-order valence-corrected chi connectivity index (χ3v) is 7.53. The van der Waals surface area contributed by atoms with E-state index in [0.717, 1.165) is 29.9 Å². The van der Waals surface area contributed by atoms with E-state index < -0.39 is 21.0 Å². The Hall–Kier alpha value is -3.54. The first-order valence-corrected chi connectivity index (χ1v) is 13.1. The minimum absolute atomic E-state index is 0.0524. The third-order valence-electron chi connectivity index (χ3n) is 5.97. The van der Waals surface area contributed by atoms with Gasteiger partial charge in [0.1, 0.15) is 5.75 Å². The molecule has 0 aliphatic carbocycles. The van der Waals surface area contributed by atoms with Gasteiger partial charge in [-0.2, -0.15) is 0 Å². The summed E-state index contributed by atoms with van der Waals surface area (Å²) in [5.74, 6) is 1.05. The molecular weight excluding hydrogens is 484 g/mol. The van der Waals surface area contributed by atoms with Crippen molar-refractivity contribution in [2.24, 2.45) is 0 Å². The normalized spacial score (nSPS) is 14.9. The van der Waals surface area contributed by atoms with Crippen LogP contribution in [0.2, 0.25) is 0 Å². The zero-order valence-electron chi connectivity index (χ0n) is 20.1. The zero-order chi connectivity index (χ0) is 25.7. The van der Waals surface area contributed by atoms with Gasteiger partial charge >= 0.3 is 0 Å². The van der Waals surface area contributed by atoms with E-state index in [4.69, 9.17) is 9.47 Å². The maximum absolute atomic E-state index is 12.9. The number of nitrogens with one attached hydrogen (secondary N) is 1. The Labute approximate surface area is 210 Å². The van der Waals surface area contributed by atoms with Gasteiger partial charge in [-0.1, -0.05) is 13.0 Å². The van der Waals surface area contributed by atoms with Crippen LogP contribution in [-0.2, 0) is 21.2 Å². The maximum atomic E-state index is 12.9. The topological polar surface area (TPSA) is 124 Å². The Morgan fingerprint density at radius 3 is 2.56 bits per heavy atom. The zero-order valence-corrected chi connectivity index (χ0v) is 20.9. The molecule has 0 amide bonds. The number of sulfonamides is 1. The Morgan fingerprint density at radius 2 is 1.89 bits per heavy atom. The highest BCUT2D eigenvalue weighted by Gasteiger charge is 2.23. The molecule has 11 heteroatoms. The first kappa shape index (κ1) is 25.5. The largest absolute Gasteiger partial charge is 0.439 e. The molecule has 0 radical (unpaired) electrons. The summed E-state index contributed by atoms with van der Waals surface area (Å²) in [5.41, 5.74) is 2.38. The lowest BCUT2D eigenvalue weighted by Gasteiger charge is -2.29. The minimum atomic E-state index is -3.91. The predicted molar refractivity (Wildman–Crippen MR) is 135 cm³/mol. The minimum Gasteiger partial charge on any atom is -0.439 e. The van der Waals surface area contributed by atoms with E-state index in [0.29, 0.717) is 31.3 Å². The molecule has 1 fully saturated rings. The lowest BCUT2D eigenvalue weighted by molar-refractivity contribution is -0.384. The van der Waals surface area contributed by atoms with Gasteiger partial charge in [-0.25, -0.2) is 18.1 Å². The first-order chi connectivity index (χ1) is 17.3. The Bertz CT molecular complexity index is 1320. The van der Waals surface area contributed by atoms with Gasteiger partial charge < -0.3 is 14.4 Å². The number of morpholine rings is 1. The molecule has 36 heavy (non-hydrogen) atoms. The van der Waals surface area contributed by atoms with Gasteiger partial charge in [0.25, 0.3) is 5.69 Å². The van der Waals surface area contributed by atoms with Crippen molar-refractivity contribution in [2.45, 2.75) is 31.2 Å². The molecule has 1 N–H and O–H groups in total. The van der Waals surface area contributed by atoms with Crippen molar-refractivity contribution in [2.75, 3.05) is 31.2 Å². The second-order valence-electron chi connectivity index (χ2n) is 8.33. The van der Waals surface area contributed by atoms with Gasteiger partial charge in [0.05, 0.1) is 23.0 Å². The van der Waals surface area contributed by atoms with Crippen LogP contribution in [0.1, 0.15) is 31.0 Å². The number of pyridine rings is 1. The summed E-state index contributed by atoms with van der Waals surface area (Å²) < 4.78 is 40.1. The lowest BCUT2D eigenvalue weighted by Crippen LogP contribution is -2.36. The van der Waals surface area contributed by atoms with Gasteiger partial charge in [-0.15, -0.1) is 0 Å². The van der Waals surface area contributed by atoms with E-state index in [1.54, 1.807) is 19.2 Å². The number of hydrogen-bond acceptors (Lipinski definition) is 8. The molecule has 1 aromatic heterocycles. The third kappa shape index (κ3) is 5.81. The fraction of sp³-hybridized carbons (Fsp3) is 0.320. The van der Waals surface area contributed by atoms with E-state index in [1.807, 2.05) is 31.2 Å². The smallest absolute Gasteiger partial charge is 0.269 e. The maximum Gasteiger partial charge on any atom is 0.269 e. The van der Waals surface area contributed by atoms with Crippen LogP contribution in [0, 0.1) is 10.1 Å². The predicted octanol–water partition coefficient (Wildman–Crippen LogP) is 4.22. The molecule has 1 atom stereocenters. The summed E-state index contributed by atoms with van der Waals surface area (Å²) in [7, 11) is -3.91. The van der Waals surface area contributed by atoms with Crippen LogP contribution >= 0.6 is 0 Å². The summed E-state index contributed by atoms with van der Waals surface area (Å²) in [6.07, 6.45) is 2.16. The summed E-state index contributed by atoms with van der Waals surface area (Å²) in [6, 6.07) is 13.7. The molecular formula is C25H28N4O6S. The molecule has 1 unspecified atom stereocenters. The van der Waals surface area contributed by atoms with Crippen LogP contribution in [-0.4, -0.2) is 44.6 Å². The number of anilines is 1. The van der Waals surface area contributed by atoms with Crippen LogP contribution in [0.4, 0.5) is 11.4 Å². The lowest BCUT2D eigenvalue weighted by atomic mass is 10.0.